The Bertz CT molecular complexity index is 412. The predicted molar refractivity (Wildman–Crippen MR) is 91.9 cm³/mol. The van der Waals surface area contributed by atoms with Gasteiger partial charge in [-0.3, -0.25) is 4.99 Å². The Morgan fingerprint density at radius 2 is 1.86 bits per heavy atom. The highest BCUT2D eigenvalue weighted by molar-refractivity contribution is 5.80. The molecule has 0 spiro atoms. The van der Waals surface area contributed by atoms with Crippen LogP contribution in [-0.2, 0) is 6.42 Å². The highest BCUT2D eigenvalue weighted by Crippen LogP contribution is 2.07. The van der Waals surface area contributed by atoms with Gasteiger partial charge in [0.05, 0.1) is 6.54 Å². The SMILES string of the molecule is CCNC(=NCC(Cc1ccccc1)N(C)C)NC(C)C. The third-order valence-corrected chi connectivity index (χ3v) is 3.27. The molecule has 118 valence electrons. The van der Waals surface area contributed by atoms with Crippen LogP contribution in [0.1, 0.15) is 26.3 Å². The van der Waals surface area contributed by atoms with Gasteiger partial charge in [0.2, 0.25) is 0 Å². The van der Waals surface area contributed by atoms with Gasteiger partial charge in [-0.1, -0.05) is 30.3 Å². The molecule has 1 atom stereocenters. The van der Waals surface area contributed by atoms with Crippen LogP contribution in [0.3, 0.4) is 0 Å². The number of aliphatic imine (C=N–C) groups is 1. The van der Waals surface area contributed by atoms with Gasteiger partial charge in [-0.05, 0) is 46.9 Å². The molecule has 2 N–H and O–H groups in total. The van der Waals surface area contributed by atoms with Crippen molar-refractivity contribution in [2.75, 3.05) is 27.2 Å². The van der Waals surface area contributed by atoms with Crippen molar-refractivity contribution in [3.05, 3.63) is 35.9 Å². The monoisotopic (exact) mass is 290 g/mol. The summed E-state index contributed by atoms with van der Waals surface area (Å²) in [5.74, 6) is 0.896. The van der Waals surface area contributed by atoms with Gasteiger partial charge in [-0.2, -0.15) is 0 Å². The smallest absolute Gasteiger partial charge is 0.191 e. The van der Waals surface area contributed by atoms with Gasteiger partial charge >= 0.3 is 0 Å². The molecule has 0 radical (unpaired) electrons. The Morgan fingerprint density at radius 1 is 1.19 bits per heavy atom. The summed E-state index contributed by atoms with van der Waals surface area (Å²) in [7, 11) is 4.23. The van der Waals surface area contributed by atoms with Gasteiger partial charge in [0.15, 0.2) is 5.96 Å². The minimum atomic E-state index is 0.384. The zero-order valence-electron chi connectivity index (χ0n) is 14.1. The summed E-state index contributed by atoms with van der Waals surface area (Å²) in [6.45, 7) is 8.00. The normalized spacial score (nSPS) is 13.6. The van der Waals surface area contributed by atoms with Crippen LogP contribution in [0.2, 0.25) is 0 Å². The molecule has 0 fully saturated rings. The third kappa shape index (κ3) is 7.14. The molecule has 0 amide bonds. The summed E-state index contributed by atoms with van der Waals surface area (Å²) in [6.07, 6.45) is 1.01. The van der Waals surface area contributed by atoms with Crippen molar-refractivity contribution < 1.29 is 0 Å². The Balaban J connectivity index is 2.68. The van der Waals surface area contributed by atoms with E-state index in [2.05, 4.69) is 80.7 Å². The van der Waals surface area contributed by atoms with Gasteiger partial charge in [0.25, 0.3) is 0 Å². The minimum Gasteiger partial charge on any atom is -0.357 e. The van der Waals surface area contributed by atoms with Crippen LogP contribution >= 0.6 is 0 Å². The maximum Gasteiger partial charge on any atom is 0.191 e. The molecule has 0 aliphatic rings. The van der Waals surface area contributed by atoms with Gasteiger partial charge in [-0.25, -0.2) is 0 Å². The summed E-state index contributed by atoms with van der Waals surface area (Å²) in [4.78, 5) is 6.97. The Morgan fingerprint density at radius 3 is 2.38 bits per heavy atom. The molecule has 4 heteroatoms. The van der Waals surface area contributed by atoms with Crippen LogP contribution in [0, 0.1) is 0 Å². The first kappa shape index (κ1) is 17.5. The van der Waals surface area contributed by atoms with Crippen LogP contribution < -0.4 is 10.6 Å². The average molecular weight is 290 g/mol. The first-order valence-electron chi connectivity index (χ1n) is 7.78. The van der Waals surface area contributed by atoms with Crippen molar-refractivity contribution in [2.24, 2.45) is 4.99 Å². The molecule has 0 saturated carbocycles. The molecule has 0 aliphatic heterocycles. The van der Waals surface area contributed by atoms with E-state index in [9.17, 15) is 0 Å². The number of rotatable bonds is 7. The number of hydrogen-bond acceptors (Lipinski definition) is 2. The fourth-order valence-electron chi connectivity index (χ4n) is 2.09. The second-order valence-corrected chi connectivity index (χ2v) is 5.83. The van der Waals surface area contributed by atoms with Crippen LogP contribution in [0.25, 0.3) is 0 Å². The van der Waals surface area contributed by atoms with Crippen molar-refractivity contribution in [3.8, 4) is 0 Å². The lowest BCUT2D eigenvalue weighted by molar-refractivity contribution is 0.298. The van der Waals surface area contributed by atoms with Crippen molar-refractivity contribution in [1.82, 2.24) is 15.5 Å². The average Bonchev–Trinajstić information content (AvgIpc) is 2.43. The van der Waals surface area contributed by atoms with E-state index in [1.54, 1.807) is 0 Å². The molecule has 1 aromatic rings. The summed E-state index contributed by atoms with van der Waals surface area (Å²) in [6, 6.07) is 11.4. The van der Waals surface area contributed by atoms with E-state index in [1.165, 1.54) is 5.56 Å². The topological polar surface area (TPSA) is 39.7 Å². The number of benzene rings is 1. The van der Waals surface area contributed by atoms with E-state index < -0.39 is 0 Å². The molecule has 1 rings (SSSR count). The van der Waals surface area contributed by atoms with Crippen LogP contribution in [0.5, 0.6) is 0 Å². The number of nitrogens with zero attached hydrogens (tertiary/aromatic N) is 2. The lowest BCUT2D eigenvalue weighted by Crippen LogP contribution is -2.42. The fraction of sp³-hybridized carbons (Fsp3) is 0.588. The van der Waals surface area contributed by atoms with Gasteiger partial charge in [-0.15, -0.1) is 0 Å². The maximum atomic E-state index is 4.72. The lowest BCUT2D eigenvalue weighted by atomic mass is 10.1. The van der Waals surface area contributed by atoms with E-state index in [0.717, 1.165) is 25.5 Å². The predicted octanol–water partition coefficient (Wildman–Crippen LogP) is 2.12. The third-order valence-electron chi connectivity index (χ3n) is 3.27. The summed E-state index contributed by atoms with van der Waals surface area (Å²) in [5.41, 5.74) is 1.35. The summed E-state index contributed by atoms with van der Waals surface area (Å²) in [5, 5.41) is 6.65. The lowest BCUT2D eigenvalue weighted by Gasteiger charge is -2.23. The number of hydrogen-bond donors (Lipinski definition) is 2. The molecule has 1 unspecified atom stereocenters. The van der Waals surface area contributed by atoms with Crippen LogP contribution in [-0.4, -0.2) is 50.1 Å². The zero-order chi connectivity index (χ0) is 15.7. The molecule has 0 heterocycles. The maximum absolute atomic E-state index is 4.72. The molecule has 1 aromatic carbocycles. The van der Waals surface area contributed by atoms with Crippen molar-refractivity contribution in [3.63, 3.8) is 0 Å². The summed E-state index contributed by atoms with van der Waals surface area (Å²) < 4.78 is 0. The molecule has 21 heavy (non-hydrogen) atoms. The molecule has 0 bridgehead atoms. The van der Waals surface area contributed by atoms with Crippen molar-refractivity contribution >= 4 is 5.96 Å². The Kier molecular flexibility index (Phi) is 7.83. The first-order valence-corrected chi connectivity index (χ1v) is 7.78. The number of guanidine groups is 1. The van der Waals surface area contributed by atoms with E-state index in [1.807, 2.05) is 0 Å². The second kappa shape index (κ2) is 9.40. The molecular formula is C17H30N4. The van der Waals surface area contributed by atoms with E-state index in [0.29, 0.717) is 12.1 Å². The molecule has 4 nitrogen and oxygen atoms in total. The Labute approximate surface area is 129 Å². The number of likely N-dealkylation sites (N-methyl/N-ethyl adjacent to an activating group) is 1. The molecule has 0 aliphatic carbocycles. The van der Waals surface area contributed by atoms with Crippen LogP contribution in [0.4, 0.5) is 0 Å². The van der Waals surface area contributed by atoms with Gasteiger partial charge < -0.3 is 15.5 Å². The molecular weight excluding hydrogens is 260 g/mol. The molecule has 0 aromatic heterocycles. The van der Waals surface area contributed by atoms with Crippen molar-refractivity contribution in [2.45, 2.75) is 39.3 Å². The van der Waals surface area contributed by atoms with Gasteiger partial charge in [0.1, 0.15) is 0 Å². The molecule has 0 saturated heterocycles. The zero-order valence-corrected chi connectivity index (χ0v) is 14.1. The van der Waals surface area contributed by atoms with E-state index in [-0.39, 0.29) is 0 Å². The van der Waals surface area contributed by atoms with Crippen molar-refractivity contribution in [1.29, 1.82) is 0 Å². The largest absolute Gasteiger partial charge is 0.357 e. The number of nitrogens with one attached hydrogen (secondary N) is 2. The first-order chi connectivity index (χ1) is 10.0. The quantitative estimate of drug-likeness (QED) is 0.597. The van der Waals surface area contributed by atoms with E-state index >= 15 is 0 Å². The highest BCUT2D eigenvalue weighted by atomic mass is 15.2. The second-order valence-electron chi connectivity index (χ2n) is 5.83. The Hall–Kier alpha value is -1.55. The van der Waals surface area contributed by atoms with E-state index in [4.69, 9.17) is 4.99 Å². The fourth-order valence-corrected chi connectivity index (χ4v) is 2.09. The standard InChI is InChI=1S/C17H30N4/c1-6-18-17(20-14(2)3)19-13-16(21(4)5)12-15-10-8-7-9-11-15/h7-11,14,16H,6,12-13H2,1-5H3,(H2,18,19,20). The van der Waals surface area contributed by atoms with Gasteiger partial charge in [0, 0.05) is 18.6 Å². The summed E-state index contributed by atoms with van der Waals surface area (Å²) >= 11 is 0. The van der Waals surface area contributed by atoms with Crippen LogP contribution in [0.15, 0.2) is 35.3 Å². The highest BCUT2D eigenvalue weighted by Gasteiger charge is 2.12. The minimum absolute atomic E-state index is 0.384.